The molecule has 188 valence electrons. The Kier molecular flexibility index (Phi) is 8.39. The molecule has 37 heavy (non-hydrogen) atoms. The van der Waals surface area contributed by atoms with Crippen LogP contribution in [0.15, 0.2) is 110 Å². The molecule has 2 atom stereocenters. The molecule has 5 nitrogen and oxygen atoms in total. The van der Waals surface area contributed by atoms with Gasteiger partial charge in [0, 0.05) is 35.5 Å². The Bertz CT molecular complexity index is 1330. The van der Waals surface area contributed by atoms with Gasteiger partial charge in [-0.3, -0.25) is 4.79 Å². The number of rotatable bonds is 10. The second-order valence-electron chi connectivity index (χ2n) is 9.34. The highest BCUT2D eigenvalue weighted by Gasteiger charge is 2.24. The summed E-state index contributed by atoms with van der Waals surface area (Å²) < 4.78 is 0. The molecule has 0 saturated heterocycles. The Labute approximate surface area is 218 Å². The van der Waals surface area contributed by atoms with Crippen LogP contribution in [0.25, 0.3) is 16.8 Å². The van der Waals surface area contributed by atoms with Crippen LogP contribution < -0.4 is 16.8 Å². The lowest BCUT2D eigenvalue weighted by molar-refractivity contribution is 0.0903. The Morgan fingerprint density at radius 2 is 1.41 bits per heavy atom. The molecule has 0 heterocycles. The number of anilines is 1. The number of aliphatic hydroxyl groups is 1. The lowest BCUT2D eigenvalue weighted by Gasteiger charge is -2.27. The van der Waals surface area contributed by atoms with Crippen LogP contribution in [-0.4, -0.2) is 23.7 Å². The van der Waals surface area contributed by atoms with E-state index in [9.17, 15) is 9.90 Å². The molecule has 4 aromatic rings. The van der Waals surface area contributed by atoms with E-state index in [1.165, 1.54) is 0 Å². The van der Waals surface area contributed by atoms with Crippen molar-refractivity contribution >= 4 is 17.3 Å². The van der Waals surface area contributed by atoms with Gasteiger partial charge in [-0.25, -0.2) is 0 Å². The van der Waals surface area contributed by atoms with Crippen molar-refractivity contribution in [2.45, 2.75) is 18.9 Å². The van der Waals surface area contributed by atoms with E-state index in [-0.39, 0.29) is 24.5 Å². The number of benzene rings is 4. The lowest BCUT2D eigenvalue weighted by atomic mass is 9.88. The molecule has 0 aromatic heterocycles. The Morgan fingerprint density at radius 3 is 2.03 bits per heavy atom. The second-order valence-corrected chi connectivity index (χ2v) is 9.34. The lowest BCUT2D eigenvalue weighted by Crippen LogP contribution is -2.44. The van der Waals surface area contributed by atoms with E-state index in [0.29, 0.717) is 29.8 Å². The summed E-state index contributed by atoms with van der Waals surface area (Å²) in [7, 11) is 0. The first-order valence-corrected chi connectivity index (χ1v) is 12.4. The van der Waals surface area contributed by atoms with Gasteiger partial charge in [-0.05, 0) is 71.0 Å². The first-order valence-electron chi connectivity index (χ1n) is 12.4. The number of amides is 1. The molecular weight excluding hydrogens is 458 g/mol. The van der Waals surface area contributed by atoms with Crippen molar-refractivity contribution in [1.82, 2.24) is 5.32 Å². The molecule has 0 bridgehead atoms. The van der Waals surface area contributed by atoms with Gasteiger partial charge in [0.1, 0.15) is 0 Å². The standard InChI is InChI=1S/C32H33N3O2/c1-22(33)28-9-5-8-24(18-28)19-29(21-36)31(20-23-6-3-2-4-7-23)35-32(37)27-12-10-25(11-13-27)26-14-16-30(34)17-15-26/h2-18,29,31,36H,1,19-21,33-34H2,(H,35,37). The normalized spacial score (nSPS) is 12.5. The van der Waals surface area contributed by atoms with Crippen LogP contribution in [-0.2, 0) is 12.8 Å². The van der Waals surface area contributed by atoms with Crippen molar-refractivity contribution < 1.29 is 9.90 Å². The average molecular weight is 492 g/mol. The van der Waals surface area contributed by atoms with E-state index in [1.807, 2.05) is 103 Å². The van der Waals surface area contributed by atoms with Gasteiger partial charge >= 0.3 is 0 Å². The van der Waals surface area contributed by atoms with E-state index in [1.54, 1.807) is 0 Å². The summed E-state index contributed by atoms with van der Waals surface area (Å²) >= 11 is 0. The number of aliphatic hydroxyl groups excluding tert-OH is 1. The number of nitrogen functional groups attached to an aromatic ring is 1. The SMILES string of the molecule is C=C(N)c1cccc(CC(CO)C(Cc2ccccc2)NC(=O)c2ccc(-c3ccc(N)cc3)cc2)c1. The summed E-state index contributed by atoms with van der Waals surface area (Å²) in [5.74, 6) is -0.369. The molecule has 0 aliphatic rings. The average Bonchev–Trinajstić information content (AvgIpc) is 2.92. The summed E-state index contributed by atoms with van der Waals surface area (Å²) in [6.45, 7) is 3.76. The van der Waals surface area contributed by atoms with E-state index in [2.05, 4.69) is 11.9 Å². The summed E-state index contributed by atoms with van der Waals surface area (Å²) in [6, 6.07) is 32.7. The molecule has 1 amide bonds. The van der Waals surface area contributed by atoms with Crippen LogP contribution in [0.1, 0.15) is 27.0 Å². The fraction of sp³-hybridized carbons (Fsp3) is 0.156. The molecule has 6 N–H and O–H groups in total. The van der Waals surface area contributed by atoms with Crippen LogP contribution in [0.4, 0.5) is 5.69 Å². The van der Waals surface area contributed by atoms with Gasteiger partial charge in [0.05, 0.1) is 0 Å². The van der Waals surface area contributed by atoms with Gasteiger partial charge in [-0.1, -0.05) is 79.4 Å². The van der Waals surface area contributed by atoms with Gasteiger partial charge in [-0.2, -0.15) is 0 Å². The van der Waals surface area contributed by atoms with Crippen molar-refractivity contribution in [2.24, 2.45) is 11.7 Å². The van der Waals surface area contributed by atoms with E-state index >= 15 is 0 Å². The van der Waals surface area contributed by atoms with E-state index in [4.69, 9.17) is 11.5 Å². The van der Waals surface area contributed by atoms with Gasteiger partial charge in [-0.15, -0.1) is 0 Å². The fourth-order valence-electron chi connectivity index (χ4n) is 4.48. The molecule has 2 unspecified atom stereocenters. The maximum absolute atomic E-state index is 13.3. The molecule has 0 aliphatic heterocycles. The van der Waals surface area contributed by atoms with Crippen molar-refractivity contribution in [3.63, 3.8) is 0 Å². The zero-order valence-electron chi connectivity index (χ0n) is 20.8. The maximum Gasteiger partial charge on any atom is 0.251 e. The highest BCUT2D eigenvalue weighted by Crippen LogP contribution is 2.22. The van der Waals surface area contributed by atoms with Crippen molar-refractivity contribution in [3.05, 3.63) is 132 Å². The minimum Gasteiger partial charge on any atom is -0.399 e. The third kappa shape index (κ3) is 6.87. The Morgan fingerprint density at radius 1 is 0.784 bits per heavy atom. The number of hydrogen-bond donors (Lipinski definition) is 4. The van der Waals surface area contributed by atoms with Gasteiger partial charge in [0.2, 0.25) is 0 Å². The molecule has 0 spiro atoms. The van der Waals surface area contributed by atoms with Gasteiger partial charge < -0.3 is 21.9 Å². The Balaban J connectivity index is 1.54. The largest absolute Gasteiger partial charge is 0.399 e. The summed E-state index contributed by atoms with van der Waals surface area (Å²) in [5, 5.41) is 13.6. The van der Waals surface area contributed by atoms with Crippen molar-refractivity contribution in [3.8, 4) is 11.1 Å². The Hall–Kier alpha value is -4.35. The number of carbonyl (C=O) groups excluding carboxylic acids is 1. The number of hydrogen-bond acceptors (Lipinski definition) is 4. The van der Waals surface area contributed by atoms with Crippen LogP contribution in [0.2, 0.25) is 0 Å². The molecule has 5 heteroatoms. The fourth-order valence-corrected chi connectivity index (χ4v) is 4.48. The number of nitrogens with two attached hydrogens (primary N) is 2. The number of nitrogens with one attached hydrogen (secondary N) is 1. The van der Waals surface area contributed by atoms with Crippen LogP contribution in [0.5, 0.6) is 0 Å². The highest BCUT2D eigenvalue weighted by molar-refractivity contribution is 5.95. The topological polar surface area (TPSA) is 101 Å². The van der Waals surface area contributed by atoms with Crippen LogP contribution >= 0.6 is 0 Å². The predicted molar refractivity (Wildman–Crippen MR) is 152 cm³/mol. The summed E-state index contributed by atoms with van der Waals surface area (Å²) in [6.07, 6.45) is 1.19. The predicted octanol–water partition coefficient (Wildman–Crippen LogP) is 5.06. The molecular formula is C32H33N3O2. The number of carbonyl (C=O) groups is 1. The van der Waals surface area contributed by atoms with Crippen molar-refractivity contribution in [2.75, 3.05) is 12.3 Å². The summed E-state index contributed by atoms with van der Waals surface area (Å²) in [5.41, 5.74) is 18.5. The van der Waals surface area contributed by atoms with Crippen molar-refractivity contribution in [1.29, 1.82) is 0 Å². The molecule has 4 aromatic carbocycles. The smallest absolute Gasteiger partial charge is 0.251 e. The summed E-state index contributed by atoms with van der Waals surface area (Å²) in [4.78, 5) is 13.3. The first-order chi connectivity index (χ1) is 17.9. The molecule has 0 saturated carbocycles. The first kappa shape index (κ1) is 25.7. The third-order valence-corrected chi connectivity index (χ3v) is 6.61. The minimum atomic E-state index is -0.276. The highest BCUT2D eigenvalue weighted by atomic mass is 16.3. The maximum atomic E-state index is 13.3. The zero-order chi connectivity index (χ0) is 26.2. The molecule has 0 radical (unpaired) electrons. The zero-order valence-corrected chi connectivity index (χ0v) is 20.8. The van der Waals surface area contributed by atoms with E-state index in [0.717, 1.165) is 27.8 Å². The van der Waals surface area contributed by atoms with E-state index < -0.39 is 0 Å². The van der Waals surface area contributed by atoms with Crippen LogP contribution in [0.3, 0.4) is 0 Å². The van der Waals surface area contributed by atoms with Gasteiger partial charge in [0.15, 0.2) is 0 Å². The quantitative estimate of drug-likeness (QED) is 0.233. The monoisotopic (exact) mass is 491 g/mol. The third-order valence-electron chi connectivity index (χ3n) is 6.61. The van der Waals surface area contributed by atoms with Gasteiger partial charge in [0.25, 0.3) is 5.91 Å². The molecule has 0 aliphatic carbocycles. The van der Waals surface area contributed by atoms with Crippen LogP contribution in [0, 0.1) is 5.92 Å². The minimum absolute atomic E-state index is 0.0678. The molecule has 4 rings (SSSR count). The second kappa shape index (κ2) is 12.1. The molecule has 0 fully saturated rings.